The topological polar surface area (TPSA) is 86.7 Å². The van der Waals surface area contributed by atoms with Crippen molar-refractivity contribution < 1.29 is 27.5 Å². The van der Waals surface area contributed by atoms with Crippen molar-refractivity contribution in [1.29, 1.82) is 0 Å². The highest BCUT2D eigenvalue weighted by atomic mass is 32.2. The van der Waals surface area contributed by atoms with E-state index in [1.807, 2.05) is 0 Å². The van der Waals surface area contributed by atoms with Crippen LogP contribution < -0.4 is 0 Å². The summed E-state index contributed by atoms with van der Waals surface area (Å²) in [6.45, 7) is 1.83. The van der Waals surface area contributed by atoms with E-state index in [0.29, 0.717) is 0 Å². The molecular formula is C8H14O6S. The molecule has 0 radical (unpaired) electrons. The van der Waals surface area contributed by atoms with E-state index in [-0.39, 0.29) is 13.0 Å². The Morgan fingerprint density at radius 1 is 1.20 bits per heavy atom. The van der Waals surface area contributed by atoms with Crippen LogP contribution in [0.2, 0.25) is 0 Å². The number of ether oxygens (including phenoxy) is 2. The van der Waals surface area contributed by atoms with Crippen LogP contribution in [-0.2, 0) is 28.9 Å². The Hall–Kier alpha value is -1.11. The predicted octanol–water partition coefficient (Wildman–Crippen LogP) is -0.473. The molecule has 0 heterocycles. The van der Waals surface area contributed by atoms with Gasteiger partial charge >= 0.3 is 11.9 Å². The van der Waals surface area contributed by atoms with Crippen LogP contribution in [0.15, 0.2) is 0 Å². The van der Waals surface area contributed by atoms with Crippen LogP contribution >= 0.6 is 0 Å². The largest absolute Gasteiger partial charge is 0.468 e. The van der Waals surface area contributed by atoms with E-state index in [1.165, 1.54) is 0 Å². The fourth-order valence-electron chi connectivity index (χ4n) is 0.783. The van der Waals surface area contributed by atoms with Crippen LogP contribution in [0.1, 0.15) is 13.3 Å². The average molecular weight is 238 g/mol. The van der Waals surface area contributed by atoms with Crippen molar-refractivity contribution in [3.63, 3.8) is 0 Å². The smallest absolute Gasteiger partial charge is 0.320 e. The molecule has 0 aliphatic heterocycles. The zero-order valence-corrected chi connectivity index (χ0v) is 9.50. The summed E-state index contributed by atoms with van der Waals surface area (Å²) in [7, 11) is -2.48. The first-order chi connectivity index (χ1) is 6.91. The van der Waals surface area contributed by atoms with Crippen molar-refractivity contribution >= 4 is 21.8 Å². The molecule has 0 aromatic carbocycles. The van der Waals surface area contributed by atoms with Crippen LogP contribution in [0.25, 0.3) is 0 Å². The van der Waals surface area contributed by atoms with Crippen LogP contribution in [0.4, 0.5) is 0 Å². The second-order valence-corrected chi connectivity index (χ2v) is 4.91. The van der Waals surface area contributed by atoms with Gasteiger partial charge in [-0.05, 0) is 6.92 Å². The number of hydrogen-bond donors (Lipinski definition) is 0. The highest BCUT2D eigenvalue weighted by Gasteiger charge is 2.18. The van der Waals surface area contributed by atoms with Crippen LogP contribution in [0.3, 0.4) is 0 Å². The molecule has 0 aliphatic carbocycles. The summed E-state index contributed by atoms with van der Waals surface area (Å²) in [5.41, 5.74) is 0. The van der Waals surface area contributed by atoms with E-state index in [2.05, 4.69) is 9.47 Å². The van der Waals surface area contributed by atoms with E-state index in [1.54, 1.807) is 6.92 Å². The van der Waals surface area contributed by atoms with Crippen LogP contribution in [0, 0.1) is 0 Å². The molecule has 0 aromatic heterocycles. The van der Waals surface area contributed by atoms with Gasteiger partial charge in [-0.15, -0.1) is 0 Å². The first-order valence-corrected chi connectivity index (χ1v) is 6.16. The minimum atomic E-state index is -3.58. The van der Waals surface area contributed by atoms with Gasteiger partial charge in [-0.3, -0.25) is 9.59 Å². The number of rotatable bonds is 6. The molecular weight excluding hydrogens is 224 g/mol. The minimum Gasteiger partial charge on any atom is -0.468 e. The SMILES string of the molecule is CCOC(=O)CCS(=O)(=O)CC(=O)OC. The lowest BCUT2D eigenvalue weighted by atomic mass is 10.5. The molecule has 0 atom stereocenters. The second-order valence-electron chi connectivity index (χ2n) is 2.72. The lowest BCUT2D eigenvalue weighted by molar-refractivity contribution is -0.142. The summed E-state index contributed by atoms with van der Waals surface area (Å²) in [6, 6.07) is 0. The van der Waals surface area contributed by atoms with Crippen molar-refractivity contribution in [3.05, 3.63) is 0 Å². The molecule has 0 fully saturated rings. The third kappa shape index (κ3) is 6.89. The van der Waals surface area contributed by atoms with Crippen molar-refractivity contribution in [2.24, 2.45) is 0 Å². The van der Waals surface area contributed by atoms with Gasteiger partial charge in [0.25, 0.3) is 0 Å². The Morgan fingerprint density at radius 2 is 1.80 bits per heavy atom. The van der Waals surface area contributed by atoms with E-state index in [0.717, 1.165) is 7.11 Å². The van der Waals surface area contributed by atoms with Crippen LogP contribution in [0.5, 0.6) is 0 Å². The lowest BCUT2D eigenvalue weighted by Gasteiger charge is -2.03. The molecule has 0 bridgehead atoms. The molecule has 0 saturated heterocycles. The summed E-state index contributed by atoms with van der Waals surface area (Å²) in [4.78, 5) is 21.5. The zero-order chi connectivity index (χ0) is 11.9. The minimum absolute atomic E-state index is 0.204. The summed E-state index contributed by atoms with van der Waals surface area (Å²) < 4.78 is 31.2. The maximum absolute atomic E-state index is 11.2. The van der Waals surface area contributed by atoms with E-state index in [9.17, 15) is 18.0 Å². The van der Waals surface area contributed by atoms with Gasteiger partial charge in [-0.1, -0.05) is 0 Å². The van der Waals surface area contributed by atoms with Crippen molar-refractivity contribution in [3.8, 4) is 0 Å². The molecule has 0 spiro atoms. The van der Waals surface area contributed by atoms with Gasteiger partial charge in [0.1, 0.15) is 5.75 Å². The van der Waals surface area contributed by atoms with Crippen molar-refractivity contribution in [1.82, 2.24) is 0 Å². The Kier molecular flexibility index (Phi) is 5.92. The summed E-state index contributed by atoms with van der Waals surface area (Å²) in [6.07, 6.45) is -0.243. The Labute approximate surface area is 88.5 Å². The molecule has 0 saturated carbocycles. The van der Waals surface area contributed by atoms with Crippen LogP contribution in [-0.4, -0.2) is 45.6 Å². The van der Waals surface area contributed by atoms with Gasteiger partial charge in [0.05, 0.1) is 25.9 Å². The maximum Gasteiger partial charge on any atom is 0.320 e. The normalized spacial score (nSPS) is 10.8. The number of methoxy groups -OCH3 is 1. The van der Waals surface area contributed by atoms with E-state index < -0.39 is 33.3 Å². The number of esters is 2. The lowest BCUT2D eigenvalue weighted by Crippen LogP contribution is -2.22. The Bertz CT molecular complexity index is 318. The second kappa shape index (κ2) is 6.39. The quantitative estimate of drug-likeness (QED) is 0.581. The number of hydrogen-bond acceptors (Lipinski definition) is 6. The fraction of sp³-hybridized carbons (Fsp3) is 0.750. The molecule has 0 rings (SSSR count). The first kappa shape index (κ1) is 13.9. The fourth-order valence-corrected chi connectivity index (χ4v) is 1.88. The van der Waals surface area contributed by atoms with E-state index >= 15 is 0 Å². The van der Waals surface area contributed by atoms with Gasteiger partial charge < -0.3 is 9.47 Å². The average Bonchev–Trinajstić information content (AvgIpc) is 2.15. The third-order valence-corrected chi connectivity index (χ3v) is 2.99. The molecule has 0 amide bonds. The molecule has 6 nitrogen and oxygen atoms in total. The molecule has 0 N–H and O–H groups in total. The molecule has 7 heteroatoms. The number of sulfone groups is 1. The van der Waals surface area contributed by atoms with Gasteiger partial charge in [-0.25, -0.2) is 8.42 Å². The Balaban J connectivity index is 4.05. The Morgan fingerprint density at radius 3 is 2.27 bits per heavy atom. The first-order valence-electron chi connectivity index (χ1n) is 4.34. The monoisotopic (exact) mass is 238 g/mol. The van der Waals surface area contributed by atoms with Crippen molar-refractivity contribution in [2.75, 3.05) is 25.2 Å². The molecule has 88 valence electrons. The predicted molar refractivity (Wildman–Crippen MR) is 51.9 cm³/mol. The van der Waals surface area contributed by atoms with Crippen molar-refractivity contribution in [2.45, 2.75) is 13.3 Å². The van der Waals surface area contributed by atoms with Gasteiger partial charge in [0.2, 0.25) is 0 Å². The number of carbonyl (C=O) groups excluding carboxylic acids is 2. The van der Waals surface area contributed by atoms with Gasteiger partial charge in [-0.2, -0.15) is 0 Å². The summed E-state index contributed by atoms with van der Waals surface area (Å²) in [5.74, 6) is -2.53. The summed E-state index contributed by atoms with van der Waals surface area (Å²) >= 11 is 0. The molecule has 15 heavy (non-hydrogen) atoms. The van der Waals surface area contributed by atoms with Gasteiger partial charge in [0, 0.05) is 0 Å². The third-order valence-electron chi connectivity index (χ3n) is 1.49. The summed E-state index contributed by atoms with van der Waals surface area (Å²) in [5, 5.41) is 0. The molecule has 0 aromatic rings. The highest BCUT2D eigenvalue weighted by Crippen LogP contribution is 1.97. The zero-order valence-electron chi connectivity index (χ0n) is 8.69. The molecule has 0 unspecified atom stereocenters. The molecule has 0 aliphatic rings. The standard InChI is InChI=1S/C8H14O6S/c1-3-14-7(9)4-5-15(11,12)6-8(10)13-2/h3-6H2,1-2H3. The number of carbonyl (C=O) groups is 2. The van der Waals surface area contributed by atoms with E-state index in [4.69, 9.17) is 0 Å². The van der Waals surface area contributed by atoms with Gasteiger partial charge in [0.15, 0.2) is 9.84 Å². The maximum atomic E-state index is 11.2. The highest BCUT2D eigenvalue weighted by molar-refractivity contribution is 7.92.